The number of aliphatic hydroxyl groups is 4. The number of hydrogen-bond acceptors (Lipinski definition) is 5. The van der Waals surface area contributed by atoms with Crippen LogP contribution in [0.2, 0.25) is 0 Å². The monoisotopic (exact) mass is 164 g/mol. The predicted molar refractivity (Wildman–Crippen MR) is 34.6 cm³/mol. The minimum Gasteiger partial charge on any atom is -0.391 e. The zero-order chi connectivity index (χ0) is 8.59. The Labute approximate surface area is 63.8 Å². The van der Waals surface area contributed by atoms with E-state index in [4.69, 9.17) is 20.4 Å². The first-order chi connectivity index (χ1) is 5.04. The Bertz CT molecular complexity index is 137. The molecule has 0 spiro atoms. The molecule has 0 aromatic carbocycles. The molecule has 11 heavy (non-hydrogen) atoms. The molecule has 1 fully saturated rings. The normalized spacial score (nSPS) is 47.7. The van der Waals surface area contributed by atoms with Crippen molar-refractivity contribution in [1.82, 2.24) is 0 Å². The summed E-state index contributed by atoms with van der Waals surface area (Å²) in [5, 5.41) is 35.8. The van der Waals surface area contributed by atoms with Gasteiger partial charge in [-0.05, 0) is 6.92 Å². The third-order valence-corrected chi connectivity index (χ3v) is 1.75. The summed E-state index contributed by atoms with van der Waals surface area (Å²) in [7, 11) is 0. The lowest BCUT2D eigenvalue weighted by molar-refractivity contribution is -0.143. The molecule has 5 atom stereocenters. The van der Waals surface area contributed by atoms with Crippen molar-refractivity contribution >= 4 is 0 Å². The van der Waals surface area contributed by atoms with Gasteiger partial charge in [-0.15, -0.1) is 0 Å². The van der Waals surface area contributed by atoms with E-state index in [9.17, 15) is 0 Å². The van der Waals surface area contributed by atoms with Crippen LogP contribution in [0.5, 0.6) is 0 Å². The van der Waals surface area contributed by atoms with Gasteiger partial charge in [0.2, 0.25) is 0 Å². The molecule has 4 N–H and O–H groups in total. The average molecular weight is 164 g/mol. The predicted octanol–water partition coefficient (Wildman–Crippen LogP) is -2.19. The van der Waals surface area contributed by atoms with Crippen molar-refractivity contribution in [1.29, 1.82) is 0 Å². The minimum atomic E-state index is -1.40. The molecule has 0 aromatic rings. The van der Waals surface area contributed by atoms with Crippen molar-refractivity contribution in [2.75, 3.05) is 0 Å². The van der Waals surface area contributed by atoms with E-state index in [0.717, 1.165) is 0 Å². The molecule has 0 unspecified atom stereocenters. The second kappa shape index (κ2) is 3.04. The third kappa shape index (κ3) is 1.52. The largest absolute Gasteiger partial charge is 0.391 e. The van der Waals surface area contributed by atoms with Crippen molar-refractivity contribution in [3.05, 3.63) is 0 Å². The Morgan fingerprint density at radius 2 is 1.73 bits per heavy atom. The smallest absolute Gasteiger partial charge is 0.184 e. The fraction of sp³-hybridized carbons (Fsp3) is 1.00. The van der Waals surface area contributed by atoms with Gasteiger partial charge in [0.05, 0.1) is 6.10 Å². The fourth-order valence-corrected chi connectivity index (χ4v) is 1.08. The maximum atomic E-state index is 9.10. The number of rotatable bonds is 1. The van der Waals surface area contributed by atoms with E-state index in [0.29, 0.717) is 0 Å². The molecule has 66 valence electrons. The maximum Gasteiger partial charge on any atom is 0.184 e. The van der Waals surface area contributed by atoms with Gasteiger partial charge in [0.15, 0.2) is 6.29 Å². The van der Waals surface area contributed by atoms with Crippen LogP contribution >= 0.6 is 0 Å². The van der Waals surface area contributed by atoms with Gasteiger partial charge in [0, 0.05) is 0 Å². The molecular weight excluding hydrogens is 152 g/mol. The molecule has 0 aromatic heterocycles. The zero-order valence-electron chi connectivity index (χ0n) is 6.08. The van der Waals surface area contributed by atoms with Crippen LogP contribution in [0.4, 0.5) is 0 Å². The lowest BCUT2D eigenvalue weighted by Gasteiger charge is -2.16. The SMILES string of the molecule is C[C@H](O)[C@@H]1O[C@H](O)[C@H](O)[C@H]1O. The topological polar surface area (TPSA) is 90.2 Å². The molecule has 1 aliphatic heterocycles. The van der Waals surface area contributed by atoms with Crippen molar-refractivity contribution in [2.45, 2.75) is 37.6 Å². The van der Waals surface area contributed by atoms with E-state index < -0.39 is 30.7 Å². The Balaban J connectivity index is 2.59. The first-order valence-electron chi connectivity index (χ1n) is 3.41. The van der Waals surface area contributed by atoms with E-state index in [1.807, 2.05) is 0 Å². The van der Waals surface area contributed by atoms with Crippen LogP contribution < -0.4 is 0 Å². The van der Waals surface area contributed by atoms with Crippen molar-refractivity contribution < 1.29 is 25.2 Å². The van der Waals surface area contributed by atoms with Crippen LogP contribution in [0.15, 0.2) is 0 Å². The van der Waals surface area contributed by atoms with Crippen molar-refractivity contribution in [2.24, 2.45) is 0 Å². The van der Waals surface area contributed by atoms with E-state index >= 15 is 0 Å². The summed E-state index contributed by atoms with van der Waals surface area (Å²) in [4.78, 5) is 0. The average Bonchev–Trinajstić information content (AvgIpc) is 2.17. The van der Waals surface area contributed by atoms with Crippen LogP contribution in [-0.2, 0) is 4.74 Å². The van der Waals surface area contributed by atoms with E-state index in [1.165, 1.54) is 6.92 Å². The minimum absolute atomic E-state index is 0.903. The number of aliphatic hydroxyl groups excluding tert-OH is 4. The molecule has 5 heteroatoms. The highest BCUT2D eigenvalue weighted by atomic mass is 16.6. The maximum absolute atomic E-state index is 9.10. The first-order valence-corrected chi connectivity index (χ1v) is 3.41. The Hall–Kier alpha value is -0.200. The van der Waals surface area contributed by atoms with E-state index in [1.54, 1.807) is 0 Å². The molecule has 0 aliphatic carbocycles. The van der Waals surface area contributed by atoms with Gasteiger partial charge in [-0.3, -0.25) is 0 Å². The summed E-state index contributed by atoms with van der Waals surface area (Å²) in [6, 6.07) is 0. The van der Waals surface area contributed by atoms with Crippen LogP contribution in [-0.4, -0.2) is 51.1 Å². The van der Waals surface area contributed by atoms with Gasteiger partial charge in [0.1, 0.15) is 18.3 Å². The molecule has 0 bridgehead atoms. The Morgan fingerprint density at radius 3 is 1.91 bits per heavy atom. The molecule has 1 rings (SSSR count). The lowest BCUT2D eigenvalue weighted by Crippen LogP contribution is -2.37. The van der Waals surface area contributed by atoms with Gasteiger partial charge in [0.25, 0.3) is 0 Å². The second-order valence-corrected chi connectivity index (χ2v) is 2.71. The lowest BCUT2D eigenvalue weighted by atomic mass is 10.1. The van der Waals surface area contributed by atoms with Crippen LogP contribution in [0.3, 0.4) is 0 Å². The molecule has 0 radical (unpaired) electrons. The van der Waals surface area contributed by atoms with Crippen LogP contribution in [0.25, 0.3) is 0 Å². The van der Waals surface area contributed by atoms with Gasteiger partial charge in [-0.1, -0.05) is 0 Å². The molecule has 1 aliphatic rings. The molecule has 0 saturated carbocycles. The van der Waals surface area contributed by atoms with Crippen LogP contribution in [0.1, 0.15) is 6.92 Å². The van der Waals surface area contributed by atoms with Crippen LogP contribution in [0, 0.1) is 0 Å². The van der Waals surface area contributed by atoms with E-state index in [2.05, 4.69) is 4.74 Å². The van der Waals surface area contributed by atoms with Gasteiger partial charge in [-0.2, -0.15) is 0 Å². The highest BCUT2D eigenvalue weighted by molar-refractivity contribution is 4.88. The number of hydrogen-bond donors (Lipinski definition) is 4. The highest BCUT2D eigenvalue weighted by Crippen LogP contribution is 2.21. The molecule has 1 saturated heterocycles. The molecule has 0 amide bonds. The molecule has 5 nitrogen and oxygen atoms in total. The zero-order valence-corrected chi connectivity index (χ0v) is 6.08. The van der Waals surface area contributed by atoms with Crippen molar-refractivity contribution in [3.63, 3.8) is 0 Å². The third-order valence-electron chi connectivity index (χ3n) is 1.75. The summed E-state index contributed by atoms with van der Waals surface area (Å²) in [6.45, 7) is 1.42. The molecular formula is C6H12O5. The van der Waals surface area contributed by atoms with Gasteiger partial charge >= 0.3 is 0 Å². The fourth-order valence-electron chi connectivity index (χ4n) is 1.08. The van der Waals surface area contributed by atoms with Gasteiger partial charge in [-0.25, -0.2) is 0 Å². The summed E-state index contributed by atoms with van der Waals surface area (Å²) in [6.07, 6.45) is -5.75. The van der Waals surface area contributed by atoms with Gasteiger partial charge < -0.3 is 25.2 Å². The Kier molecular flexibility index (Phi) is 2.46. The quantitative estimate of drug-likeness (QED) is 0.353. The highest BCUT2D eigenvalue weighted by Gasteiger charge is 2.43. The summed E-state index contributed by atoms with van der Waals surface area (Å²) in [5.74, 6) is 0. The molecule has 1 heterocycles. The van der Waals surface area contributed by atoms with Crippen molar-refractivity contribution in [3.8, 4) is 0 Å². The summed E-state index contributed by atoms with van der Waals surface area (Å²) in [5.41, 5.74) is 0. The first kappa shape index (κ1) is 8.89. The summed E-state index contributed by atoms with van der Waals surface area (Å²) < 4.78 is 4.65. The summed E-state index contributed by atoms with van der Waals surface area (Å²) >= 11 is 0. The number of ether oxygens (including phenoxy) is 1. The standard InChI is InChI=1S/C6H12O5/c1-2(7)5-3(8)4(9)6(10)11-5/h2-10H,1H3/t2-,3+,4+,5-,6-/m0/s1. The Morgan fingerprint density at radius 1 is 1.18 bits per heavy atom. The van der Waals surface area contributed by atoms with E-state index in [-0.39, 0.29) is 0 Å². The second-order valence-electron chi connectivity index (χ2n) is 2.71.